The molecule has 0 fully saturated rings. The lowest BCUT2D eigenvalue weighted by Crippen LogP contribution is -2.31. The molecule has 1 unspecified atom stereocenters. The van der Waals surface area contributed by atoms with E-state index in [4.69, 9.17) is 9.47 Å². The van der Waals surface area contributed by atoms with Crippen LogP contribution in [0.3, 0.4) is 0 Å². The zero-order valence-corrected chi connectivity index (χ0v) is 12.6. The summed E-state index contributed by atoms with van der Waals surface area (Å²) in [6.07, 6.45) is 1.26. The number of benzene rings is 1. The molecule has 0 amide bonds. The van der Waals surface area contributed by atoms with Gasteiger partial charge in [0.1, 0.15) is 0 Å². The van der Waals surface area contributed by atoms with Crippen LogP contribution >= 0.6 is 0 Å². The van der Waals surface area contributed by atoms with Crippen molar-refractivity contribution >= 4 is 0 Å². The van der Waals surface area contributed by atoms with Crippen molar-refractivity contribution in [2.75, 3.05) is 27.4 Å². The van der Waals surface area contributed by atoms with E-state index in [1.165, 1.54) is 11.1 Å². The van der Waals surface area contributed by atoms with Crippen molar-refractivity contribution in [3.8, 4) is 0 Å². The minimum atomic E-state index is 0.116. The summed E-state index contributed by atoms with van der Waals surface area (Å²) >= 11 is 0. The van der Waals surface area contributed by atoms with Crippen LogP contribution in [0.25, 0.3) is 0 Å². The number of hydrogen-bond donors (Lipinski definition) is 1. The Kier molecular flexibility index (Phi) is 7.72. The minimum absolute atomic E-state index is 0.116. The fraction of sp³-hybridized carbons (Fsp3) is 0.625. The van der Waals surface area contributed by atoms with Crippen LogP contribution in [-0.4, -0.2) is 33.5 Å². The van der Waals surface area contributed by atoms with E-state index in [9.17, 15) is 0 Å². The van der Waals surface area contributed by atoms with Crippen LogP contribution in [-0.2, 0) is 22.4 Å². The lowest BCUT2D eigenvalue weighted by atomic mass is 10.0. The predicted molar refractivity (Wildman–Crippen MR) is 79.4 cm³/mol. The Labute approximate surface area is 117 Å². The van der Waals surface area contributed by atoms with Crippen LogP contribution < -0.4 is 5.32 Å². The molecule has 1 N–H and O–H groups in total. The molecule has 0 aromatic heterocycles. The third-order valence-electron chi connectivity index (χ3n) is 3.05. The summed E-state index contributed by atoms with van der Waals surface area (Å²) in [5.74, 6) is 0.709. The van der Waals surface area contributed by atoms with Crippen LogP contribution in [0.15, 0.2) is 24.3 Å². The summed E-state index contributed by atoms with van der Waals surface area (Å²) < 4.78 is 10.4. The molecule has 0 bridgehead atoms. The van der Waals surface area contributed by atoms with E-state index >= 15 is 0 Å². The first-order chi connectivity index (χ1) is 9.15. The SMILES string of the molecule is COCC(CNCc1ccc(CC(C)C)cc1)OC. The zero-order chi connectivity index (χ0) is 14.1. The first-order valence-electron chi connectivity index (χ1n) is 6.96. The molecular weight excluding hydrogens is 238 g/mol. The molecule has 1 aromatic rings. The molecule has 19 heavy (non-hydrogen) atoms. The molecule has 0 aliphatic carbocycles. The van der Waals surface area contributed by atoms with Crippen LogP contribution in [0.5, 0.6) is 0 Å². The van der Waals surface area contributed by atoms with Gasteiger partial charge in [0.25, 0.3) is 0 Å². The summed E-state index contributed by atoms with van der Waals surface area (Å²) in [6.45, 7) is 6.78. The molecule has 0 aliphatic rings. The average molecular weight is 265 g/mol. The molecule has 3 heteroatoms. The van der Waals surface area contributed by atoms with Gasteiger partial charge in [0.05, 0.1) is 12.7 Å². The summed E-state index contributed by atoms with van der Waals surface area (Å²) in [5, 5.41) is 3.39. The number of ether oxygens (including phenoxy) is 2. The molecule has 0 radical (unpaired) electrons. The second-order valence-corrected chi connectivity index (χ2v) is 5.36. The van der Waals surface area contributed by atoms with Crippen LogP contribution in [0.4, 0.5) is 0 Å². The highest BCUT2D eigenvalue weighted by Gasteiger charge is 2.05. The summed E-state index contributed by atoms with van der Waals surface area (Å²) in [7, 11) is 3.41. The number of rotatable bonds is 9. The Bertz CT molecular complexity index is 335. The van der Waals surface area contributed by atoms with Gasteiger partial charge in [-0.05, 0) is 23.5 Å². The Balaban J connectivity index is 2.33. The molecular formula is C16H27NO2. The van der Waals surface area contributed by atoms with Gasteiger partial charge in [-0.1, -0.05) is 38.1 Å². The van der Waals surface area contributed by atoms with Gasteiger partial charge < -0.3 is 14.8 Å². The van der Waals surface area contributed by atoms with Crippen LogP contribution in [0.1, 0.15) is 25.0 Å². The molecule has 0 spiro atoms. The van der Waals surface area contributed by atoms with Gasteiger partial charge in [-0.2, -0.15) is 0 Å². The van der Waals surface area contributed by atoms with E-state index in [0.29, 0.717) is 12.5 Å². The first kappa shape index (κ1) is 16.2. The average Bonchev–Trinajstić information content (AvgIpc) is 2.39. The van der Waals surface area contributed by atoms with Crippen LogP contribution in [0.2, 0.25) is 0 Å². The monoisotopic (exact) mass is 265 g/mol. The van der Waals surface area contributed by atoms with Gasteiger partial charge >= 0.3 is 0 Å². The van der Waals surface area contributed by atoms with Gasteiger partial charge in [0.15, 0.2) is 0 Å². The third-order valence-corrected chi connectivity index (χ3v) is 3.05. The molecule has 1 aromatic carbocycles. The molecule has 3 nitrogen and oxygen atoms in total. The van der Waals surface area contributed by atoms with E-state index in [1.807, 2.05) is 0 Å². The topological polar surface area (TPSA) is 30.5 Å². The second kappa shape index (κ2) is 9.08. The smallest absolute Gasteiger partial charge is 0.0928 e. The molecule has 0 saturated carbocycles. The molecule has 1 rings (SSSR count). The molecule has 1 atom stereocenters. The second-order valence-electron chi connectivity index (χ2n) is 5.36. The Morgan fingerprint density at radius 2 is 1.68 bits per heavy atom. The maximum Gasteiger partial charge on any atom is 0.0928 e. The zero-order valence-electron chi connectivity index (χ0n) is 12.6. The van der Waals surface area contributed by atoms with E-state index in [0.717, 1.165) is 19.5 Å². The highest BCUT2D eigenvalue weighted by Crippen LogP contribution is 2.09. The molecule has 0 saturated heterocycles. The van der Waals surface area contributed by atoms with Gasteiger partial charge in [-0.15, -0.1) is 0 Å². The van der Waals surface area contributed by atoms with Gasteiger partial charge in [0.2, 0.25) is 0 Å². The highest BCUT2D eigenvalue weighted by atomic mass is 16.5. The van der Waals surface area contributed by atoms with E-state index in [2.05, 4.69) is 43.4 Å². The lowest BCUT2D eigenvalue weighted by molar-refractivity contribution is 0.0288. The minimum Gasteiger partial charge on any atom is -0.382 e. The van der Waals surface area contributed by atoms with Crippen molar-refractivity contribution in [3.05, 3.63) is 35.4 Å². The van der Waals surface area contributed by atoms with Crippen molar-refractivity contribution in [1.29, 1.82) is 0 Å². The van der Waals surface area contributed by atoms with Crippen molar-refractivity contribution in [3.63, 3.8) is 0 Å². The van der Waals surface area contributed by atoms with Gasteiger partial charge in [-0.25, -0.2) is 0 Å². The summed E-state index contributed by atoms with van der Waals surface area (Å²) in [6, 6.07) is 8.84. The maximum atomic E-state index is 5.30. The predicted octanol–water partition coefficient (Wildman–Crippen LogP) is 2.64. The van der Waals surface area contributed by atoms with Gasteiger partial charge in [0, 0.05) is 27.3 Å². The molecule has 0 aliphatic heterocycles. The lowest BCUT2D eigenvalue weighted by Gasteiger charge is -2.15. The number of nitrogens with one attached hydrogen (secondary N) is 1. The van der Waals surface area contributed by atoms with Gasteiger partial charge in [-0.3, -0.25) is 0 Å². The summed E-state index contributed by atoms with van der Waals surface area (Å²) in [5.41, 5.74) is 2.72. The van der Waals surface area contributed by atoms with Crippen molar-refractivity contribution in [1.82, 2.24) is 5.32 Å². The quantitative estimate of drug-likeness (QED) is 0.744. The maximum absolute atomic E-state index is 5.30. The number of methoxy groups -OCH3 is 2. The van der Waals surface area contributed by atoms with E-state index in [1.54, 1.807) is 14.2 Å². The van der Waals surface area contributed by atoms with Crippen LogP contribution in [0, 0.1) is 5.92 Å². The Hall–Kier alpha value is -0.900. The van der Waals surface area contributed by atoms with E-state index < -0.39 is 0 Å². The molecule has 0 heterocycles. The third kappa shape index (κ3) is 6.71. The first-order valence-corrected chi connectivity index (χ1v) is 6.96. The fourth-order valence-corrected chi connectivity index (χ4v) is 2.04. The van der Waals surface area contributed by atoms with Crippen molar-refractivity contribution in [2.45, 2.75) is 32.9 Å². The highest BCUT2D eigenvalue weighted by molar-refractivity contribution is 5.22. The summed E-state index contributed by atoms with van der Waals surface area (Å²) in [4.78, 5) is 0. The standard InChI is InChI=1S/C16H27NO2/c1-13(2)9-14-5-7-15(8-6-14)10-17-11-16(19-4)12-18-3/h5-8,13,16-17H,9-12H2,1-4H3. The Morgan fingerprint density at radius 1 is 1.05 bits per heavy atom. The Morgan fingerprint density at radius 3 is 2.21 bits per heavy atom. The van der Waals surface area contributed by atoms with Crippen molar-refractivity contribution in [2.24, 2.45) is 5.92 Å². The largest absolute Gasteiger partial charge is 0.382 e. The molecule has 108 valence electrons. The fourth-order valence-electron chi connectivity index (χ4n) is 2.04. The number of hydrogen-bond acceptors (Lipinski definition) is 3. The normalized spacial score (nSPS) is 12.9. The van der Waals surface area contributed by atoms with E-state index in [-0.39, 0.29) is 6.10 Å². The van der Waals surface area contributed by atoms with Crippen molar-refractivity contribution < 1.29 is 9.47 Å².